The second-order valence-corrected chi connectivity index (χ2v) is 6.33. The van der Waals surface area contributed by atoms with Gasteiger partial charge in [0.15, 0.2) is 0 Å². The number of hydrogen-bond donors (Lipinski definition) is 0. The number of para-hydroxylation sites is 1. The van der Waals surface area contributed by atoms with Crippen molar-refractivity contribution in [3.63, 3.8) is 0 Å². The van der Waals surface area contributed by atoms with Crippen molar-refractivity contribution in [3.05, 3.63) is 39.9 Å². The molecule has 1 saturated heterocycles. The molecule has 1 aromatic rings. The zero-order valence-electron chi connectivity index (χ0n) is 9.78. The molecular formula is C11H14N2O4S. The van der Waals surface area contributed by atoms with Crippen LogP contribution in [0.5, 0.6) is 0 Å². The summed E-state index contributed by atoms with van der Waals surface area (Å²) in [7, 11) is -3.25. The summed E-state index contributed by atoms with van der Waals surface area (Å²) in [4.78, 5) is 10.4. The molecule has 1 heterocycles. The Morgan fingerprint density at radius 3 is 2.67 bits per heavy atom. The molecular weight excluding hydrogens is 256 g/mol. The Morgan fingerprint density at radius 1 is 1.28 bits per heavy atom. The van der Waals surface area contributed by atoms with E-state index < -0.39 is 14.9 Å². The maximum Gasteiger partial charge on any atom is 0.273 e. The van der Waals surface area contributed by atoms with Gasteiger partial charge in [-0.15, -0.1) is 0 Å². The number of benzene rings is 1. The van der Waals surface area contributed by atoms with Crippen LogP contribution in [0.4, 0.5) is 5.69 Å². The van der Waals surface area contributed by atoms with Gasteiger partial charge in [0.2, 0.25) is 10.0 Å². The van der Waals surface area contributed by atoms with Crippen molar-refractivity contribution in [2.75, 3.05) is 12.3 Å². The van der Waals surface area contributed by atoms with Gasteiger partial charge in [-0.3, -0.25) is 10.1 Å². The highest BCUT2D eigenvalue weighted by molar-refractivity contribution is 7.89. The van der Waals surface area contributed by atoms with Crippen LogP contribution in [0.1, 0.15) is 18.4 Å². The topological polar surface area (TPSA) is 80.5 Å². The van der Waals surface area contributed by atoms with Crippen molar-refractivity contribution in [2.45, 2.75) is 19.4 Å². The SMILES string of the molecule is O=[N+]([O-])c1ccccc1CN1CCCCS1(=O)=O. The molecule has 0 amide bonds. The van der Waals surface area contributed by atoms with Crippen LogP contribution < -0.4 is 0 Å². The molecule has 0 aliphatic carbocycles. The second-order valence-electron chi connectivity index (χ2n) is 4.24. The number of rotatable bonds is 3. The summed E-state index contributed by atoms with van der Waals surface area (Å²) in [6, 6.07) is 6.25. The number of nitro groups is 1. The highest BCUT2D eigenvalue weighted by Gasteiger charge is 2.27. The minimum Gasteiger partial charge on any atom is -0.258 e. The van der Waals surface area contributed by atoms with Gasteiger partial charge in [-0.25, -0.2) is 8.42 Å². The van der Waals surface area contributed by atoms with Crippen molar-refractivity contribution in [3.8, 4) is 0 Å². The van der Waals surface area contributed by atoms with Crippen LogP contribution >= 0.6 is 0 Å². The fraction of sp³-hybridized carbons (Fsp3) is 0.455. The summed E-state index contributed by atoms with van der Waals surface area (Å²) in [6.45, 7) is 0.522. The van der Waals surface area contributed by atoms with E-state index in [1.165, 1.54) is 10.4 Å². The summed E-state index contributed by atoms with van der Waals surface area (Å²) >= 11 is 0. The average Bonchev–Trinajstić information content (AvgIpc) is 2.32. The molecule has 1 fully saturated rings. The first-order valence-electron chi connectivity index (χ1n) is 5.71. The molecule has 1 aliphatic rings. The number of nitro benzene ring substituents is 1. The van der Waals surface area contributed by atoms with Gasteiger partial charge in [-0.2, -0.15) is 4.31 Å². The maximum absolute atomic E-state index is 11.8. The van der Waals surface area contributed by atoms with Gasteiger partial charge in [0.25, 0.3) is 5.69 Å². The quantitative estimate of drug-likeness (QED) is 0.616. The molecule has 0 unspecified atom stereocenters. The zero-order chi connectivity index (χ0) is 13.2. The number of nitrogens with zero attached hydrogens (tertiary/aromatic N) is 2. The predicted octanol–water partition coefficient (Wildman–Crippen LogP) is 1.52. The van der Waals surface area contributed by atoms with Gasteiger partial charge in [-0.05, 0) is 12.8 Å². The fourth-order valence-corrected chi connectivity index (χ4v) is 3.60. The van der Waals surface area contributed by atoms with Gasteiger partial charge in [0.1, 0.15) is 0 Å². The minimum absolute atomic E-state index is 0.0294. The molecule has 0 bridgehead atoms. The van der Waals surface area contributed by atoms with E-state index in [-0.39, 0.29) is 18.0 Å². The molecule has 0 spiro atoms. The van der Waals surface area contributed by atoms with Crippen molar-refractivity contribution >= 4 is 15.7 Å². The molecule has 18 heavy (non-hydrogen) atoms. The molecule has 1 aliphatic heterocycles. The molecule has 2 rings (SSSR count). The largest absolute Gasteiger partial charge is 0.273 e. The molecule has 0 radical (unpaired) electrons. The molecule has 7 heteroatoms. The second kappa shape index (κ2) is 5.03. The smallest absolute Gasteiger partial charge is 0.258 e. The van der Waals surface area contributed by atoms with E-state index >= 15 is 0 Å². The van der Waals surface area contributed by atoms with E-state index in [0.29, 0.717) is 18.5 Å². The van der Waals surface area contributed by atoms with Gasteiger partial charge >= 0.3 is 0 Å². The Balaban J connectivity index is 2.26. The highest BCUT2D eigenvalue weighted by Crippen LogP contribution is 2.23. The van der Waals surface area contributed by atoms with Gasteiger partial charge in [0.05, 0.1) is 10.7 Å². The molecule has 0 atom stereocenters. The first kappa shape index (κ1) is 13.0. The molecule has 6 nitrogen and oxygen atoms in total. The van der Waals surface area contributed by atoms with Crippen LogP contribution in [0.3, 0.4) is 0 Å². The van der Waals surface area contributed by atoms with Crippen LogP contribution in [0, 0.1) is 10.1 Å². The Bertz CT molecular complexity index is 556. The average molecular weight is 270 g/mol. The predicted molar refractivity (Wildman–Crippen MR) is 66.5 cm³/mol. The van der Waals surface area contributed by atoms with Gasteiger partial charge < -0.3 is 0 Å². The Labute approximate surface area is 105 Å². The maximum atomic E-state index is 11.8. The Hall–Kier alpha value is -1.47. The monoisotopic (exact) mass is 270 g/mol. The lowest BCUT2D eigenvalue weighted by atomic mass is 10.2. The third-order valence-corrected chi connectivity index (χ3v) is 4.89. The summed E-state index contributed by atoms with van der Waals surface area (Å²) < 4.78 is 25.0. The standard InChI is InChI=1S/C11H14N2O4S/c14-13(15)11-6-2-1-5-10(11)9-12-7-3-4-8-18(12,16)17/h1-2,5-6H,3-4,7-9H2. The van der Waals surface area contributed by atoms with Crippen LogP contribution in [0.25, 0.3) is 0 Å². The molecule has 98 valence electrons. The van der Waals surface area contributed by atoms with Crippen LogP contribution in [-0.2, 0) is 16.6 Å². The summed E-state index contributed by atoms with van der Waals surface area (Å²) in [5.41, 5.74) is 0.409. The van der Waals surface area contributed by atoms with E-state index in [1.54, 1.807) is 18.2 Å². The normalized spacial score (nSPS) is 19.6. The lowest BCUT2D eigenvalue weighted by Gasteiger charge is -2.26. The molecule has 1 aromatic carbocycles. The van der Waals surface area contributed by atoms with Crippen LogP contribution in [0.15, 0.2) is 24.3 Å². The van der Waals surface area contributed by atoms with Crippen LogP contribution in [0.2, 0.25) is 0 Å². The van der Waals surface area contributed by atoms with Crippen molar-refractivity contribution in [1.29, 1.82) is 0 Å². The van der Waals surface area contributed by atoms with Crippen molar-refractivity contribution < 1.29 is 13.3 Å². The van der Waals surface area contributed by atoms with Gasteiger partial charge in [-0.1, -0.05) is 18.2 Å². The van der Waals surface area contributed by atoms with E-state index in [0.717, 1.165) is 6.42 Å². The van der Waals surface area contributed by atoms with E-state index in [4.69, 9.17) is 0 Å². The minimum atomic E-state index is -3.25. The third-order valence-electron chi connectivity index (χ3n) is 2.99. The lowest BCUT2D eigenvalue weighted by molar-refractivity contribution is -0.385. The van der Waals surface area contributed by atoms with Crippen molar-refractivity contribution in [2.24, 2.45) is 0 Å². The third kappa shape index (κ3) is 2.68. The fourth-order valence-electron chi connectivity index (χ4n) is 2.03. The Kier molecular flexibility index (Phi) is 3.63. The summed E-state index contributed by atoms with van der Waals surface area (Å²) in [5.74, 6) is 0.133. The first-order chi connectivity index (χ1) is 8.50. The lowest BCUT2D eigenvalue weighted by Crippen LogP contribution is -2.37. The number of hydrogen-bond acceptors (Lipinski definition) is 4. The van der Waals surface area contributed by atoms with Crippen molar-refractivity contribution in [1.82, 2.24) is 4.31 Å². The van der Waals surface area contributed by atoms with Gasteiger partial charge in [0, 0.05) is 24.7 Å². The first-order valence-corrected chi connectivity index (χ1v) is 7.32. The summed E-state index contributed by atoms with van der Waals surface area (Å²) in [6.07, 6.45) is 1.47. The van der Waals surface area contributed by atoms with Crippen LogP contribution in [-0.4, -0.2) is 29.9 Å². The van der Waals surface area contributed by atoms with E-state index in [2.05, 4.69) is 0 Å². The Morgan fingerprint density at radius 2 is 2.00 bits per heavy atom. The van der Waals surface area contributed by atoms with E-state index in [9.17, 15) is 18.5 Å². The molecule has 0 N–H and O–H groups in total. The van der Waals surface area contributed by atoms with E-state index in [1.807, 2.05) is 0 Å². The number of sulfonamides is 1. The molecule has 0 saturated carbocycles. The summed E-state index contributed by atoms with van der Waals surface area (Å²) in [5, 5.41) is 10.9. The molecule has 0 aromatic heterocycles. The zero-order valence-corrected chi connectivity index (χ0v) is 10.6. The highest BCUT2D eigenvalue weighted by atomic mass is 32.2.